The minimum absolute atomic E-state index is 0.564. The van der Waals surface area contributed by atoms with Gasteiger partial charge in [-0.3, -0.25) is 0 Å². The van der Waals surface area contributed by atoms with E-state index in [4.69, 9.17) is 9.47 Å². The molecule has 0 N–H and O–H groups in total. The quantitative estimate of drug-likeness (QED) is 0.619. The SMILES string of the molecule is C=C(C)OCC1=C(OC)CCC=C1. The highest BCUT2D eigenvalue weighted by atomic mass is 16.5. The maximum atomic E-state index is 5.33. The molecule has 2 nitrogen and oxygen atoms in total. The van der Waals surface area contributed by atoms with Crippen LogP contribution in [0.25, 0.3) is 0 Å². The first kappa shape index (κ1) is 9.90. The Labute approximate surface area is 79.5 Å². The van der Waals surface area contributed by atoms with Crippen LogP contribution in [0.1, 0.15) is 19.8 Å². The Kier molecular flexibility index (Phi) is 3.62. The Morgan fingerprint density at radius 3 is 3.00 bits per heavy atom. The molecule has 0 aromatic rings. The first-order valence-corrected chi connectivity index (χ1v) is 4.45. The number of allylic oxidation sites excluding steroid dienone is 3. The average Bonchev–Trinajstić information content (AvgIpc) is 2.15. The van der Waals surface area contributed by atoms with Crippen LogP contribution < -0.4 is 0 Å². The summed E-state index contributed by atoms with van der Waals surface area (Å²) in [5, 5.41) is 0. The van der Waals surface area contributed by atoms with E-state index in [9.17, 15) is 0 Å². The maximum absolute atomic E-state index is 5.33. The molecule has 0 fully saturated rings. The minimum atomic E-state index is 0.564. The molecule has 0 bridgehead atoms. The molecule has 1 rings (SSSR count). The molecule has 0 amide bonds. The summed E-state index contributed by atoms with van der Waals surface area (Å²) in [7, 11) is 1.70. The van der Waals surface area contributed by atoms with Gasteiger partial charge in [0.2, 0.25) is 0 Å². The lowest BCUT2D eigenvalue weighted by atomic mass is 10.1. The molecule has 1 aliphatic carbocycles. The molecular formula is C11H16O2. The fourth-order valence-electron chi connectivity index (χ4n) is 1.26. The highest BCUT2D eigenvalue weighted by Gasteiger charge is 2.08. The number of ether oxygens (including phenoxy) is 2. The van der Waals surface area contributed by atoms with Gasteiger partial charge in [-0.1, -0.05) is 18.7 Å². The summed E-state index contributed by atoms with van der Waals surface area (Å²) in [6.07, 6.45) is 6.23. The predicted octanol–water partition coefficient (Wildman–Crippen LogP) is 2.79. The molecule has 2 heteroatoms. The van der Waals surface area contributed by atoms with Crippen LogP contribution in [0.15, 0.2) is 35.8 Å². The molecule has 0 spiro atoms. The summed E-state index contributed by atoms with van der Waals surface area (Å²) in [5.74, 6) is 1.77. The van der Waals surface area contributed by atoms with E-state index in [-0.39, 0.29) is 0 Å². The third-order valence-electron chi connectivity index (χ3n) is 1.94. The van der Waals surface area contributed by atoms with E-state index < -0.39 is 0 Å². The maximum Gasteiger partial charge on any atom is 0.116 e. The van der Waals surface area contributed by atoms with E-state index in [2.05, 4.69) is 18.7 Å². The van der Waals surface area contributed by atoms with Gasteiger partial charge in [0.1, 0.15) is 12.4 Å². The van der Waals surface area contributed by atoms with Gasteiger partial charge in [0, 0.05) is 12.0 Å². The highest BCUT2D eigenvalue weighted by molar-refractivity contribution is 5.26. The zero-order valence-electron chi connectivity index (χ0n) is 8.30. The van der Waals surface area contributed by atoms with Gasteiger partial charge in [-0.2, -0.15) is 0 Å². The second kappa shape index (κ2) is 4.75. The van der Waals surface area contributed by atoms with Gasteiger partial charge in [0.15, 0.2) is 0 Å². The number of hydrogen-bond acceptors (Lipinski definition) is 2. The molecule has 1 aliphatic rings. The number of methoxy groups -OCH3 is 1. The van der Waals surface area contributed by atoms with Crippen LogP contribution in [-0.4, -0.2) is 13.7 Å². The lowest BCUT2D eigenvalue weighted by Gasteiger charge is -2.15. The molecule has 0 saturated heterocycles. The van der Waals surface area contributed by atoms with Crippen LogP contribution in [0.2, 0.25) is 0 Å². The van der Waals surface area contributed by atoms with Crippen molar-refractivity contribution in [1.82, 2.24) is 0 Å². The zero-order chi connectivity index (χ0) is 9.68. The molecule has 0 aromatic carbocycles. The van der Waals surface area contributed by atoms with Crippen molar-refractivity contribution in [3.63, 3.8) is 0 Å². The molecule has 0 saturated carbocycles. The van der Waals surface area contributed by atoms with E-state index in [1.54, 1.807) is 7.11 Å². The normalized spacial score (nSPS) is 15.8. The van der Waals surface area contributed by atoms with Crippen molar-refractivity contribution < 1.29 is 9.47 Å². The van der Waals surface area contributed by atoms with Gasteiger partial charge in [-0.05, 0) is 13.3 Å². The molecule has 0 unspecified atom stereocenters. The average molecular weight is 180 g/mol. The minimum Gasteiger partial charge on any atom is -0.501 e. The third-order valence-corrected chi connectivity index (χ3v) is 1.94. The molecule has 0 aromatic heterocycles. The fraction of sp³-hybridized carbons (Fsp3) is 0.455. The summed E-state index contributed by atoms with van der Waals surface area (Å²) in [4.78, 5) is 0. The van der Waals surface area contributed by atoms with Crippen LogP contribution in [-0.2, 0) is 9.47 Å². The topological polar surface area (TPSA) is 18.5 Å². The van der Waals surface area contributed by atoms with Crippen LogP contribution in [0.5, 0.6) is 0 Å². The lowest BCUT2D eigenvalue weighted by Crippen LogP contribution is -2.03. The van der Waals surface area contributed by atoms with E-state index >= 15 is 0 Å². The third kappa shape index (κ3) is 2.98. The van der Waals surface area contributed by atoms with Gasteiger partial charge in [-0.25, -0.2) is 0 Å². The molecular weight excluding hydrogens is 164 g/mol. The lowest BCUT2D eigenvalue weighted by molar-refractivity contribution is 0.225. The first-order chi connectivity index (χ1) is 6.24. The Hall–Kier alpha value is -1.18. The van der Waals surface area contributed by atoms with Crippen LogP contribution in [0.4, 0.5) is 0 Å². The predicted molar refractivity (Wildman–Crippen MR) is 53.2 cm³/mol. The van der Waals surface area contributed by atoms with Crippen molar-refractivity contribution >= 4 is 0 Å². The molecule has 72 valence electrons. The Balaban J connectivity index is 2.58. The molecule has 13 heavy (non-hydrogen) atoms. The summed E-state index contributed by atoms with van der Waals surface area (Å²) < 4.78 is 10.6. The van der Waals surface area contributed by atoms with E-state index in [0.29, 0.717) is 6.61 Å². The standard InChI is InChI=1S/C11H16O2/c1-9(2)13-8-10-6-4-5-7-11(10)12-3/h4,6H,1,5,7-8H2,2-3H3. The first-order valence-electron chi connectivity index (χ1n) is 4.45. The van der Waals surface area contributed by atoms with Crippen molar-refractivity contribution in [2.45, 2.75) is 19.8 Å². The van der Waals surface area contributed by atoms with Crippen molar-refractivity contribution in [1.29, 1.82) is 0 Å². The zero-order valence-corrected chi connectivity index (χ0v) is 8.30. The van der Waals surface area contributed by atoms with Gasteiger partial charge < -0.3 is 9.47 Å². The van der Waals surface area contributed by atoms with Crippen molar-refractivity contribution in [2.24, 2.45) is 0 Å². The molecule has 0 aliphatic heterocycles. The molecule has 0 atom stereocenters. The smallest absolute Gasteiger partial charge is 0.116 e. The molecule has 0 radical (unpaired) electrons. The number of hydrogen-bond donors (Lipinski definition) is 0. The van der Waals surface area contributed by atoms with Crippen molar-refractivity contribution in [3.05, 3.63) is 35.8 Å². The van der Waals surface area contributed by atoms with Crippen LogP contribution in [0, 0.1) is 0 Å². The van der Waals surface area contributed by atoms with Crippen LogP contribution in [0.3, 0.4) is 0 Å². The second-order valence-electron chi connectivity index (χ2n) is 3.08. The Morgan fingerprint density at radius 1 is 1.62 bits per heavy atom. The molecule has 0 heterocycles. The summed E-state index contributed by atoms with van der Waals surface area (Å²) >= 11 is 0. The van der Waals surface area contributed by atoms with E-state index in [1.165, 1.54) is 0 Å². The van der Waals surface area contributed by atoms with E-state index in [1.807, 2.05) is 6.92 Å². The monoisotopic (exact) mass is 180 g/mol. The Morgan fingerprint density at radius 2 is 2.38 bits per heavy atom. The number of rotatable bonds is 4. The van der Waals surface area contributed by atoms with Gasteiger partial charge in [-0.15, -0.1) is 0 Å². The summed E-state index contributed by atoms with van der Waals surface area (Å²) in [6.45, 7) is 6.09. The highest BCUT2D eigenvalue weighted by Crippen LogP contribution is 2.19. The van der Waals surface area contributed by atoms with Crippen LogP contribution >= 0.6 is 0 Å². The van der Waals surface area contributed by atoms with Gasteiger partial charge in [0.25, 0.3) is 0 Å². The fourth-order valence-corrected chi connectivity index (χ4v) is 1.26. The van der Waals surface area contributed by atoms with Gasteiger partial charge in [0.05, 0.1) is 12.9 Å². The largest absolute Gasteiger partial charge is 0.501 e. The Bertz CT molecular complexity index is 249. The van der Waals surface area contributed by atoms with Crippen molar-refractivity contribution in [2.75, 3.05) is 13.7 Å². The van der Waals surface area contributed by atoms with E-state index in [0.717, 1.165) is 29.9 Å². The second-order valence-corrected chi connectivity index (χ2v) is 3.08. The van der Waals surface area contributed by atoms with Crippen molar-refractivity contribution in [3.8, 4) is 0 Å². The summed E-state index contributed by atoms with van der Waals surface area (Å²) in [6, 6.07) is 0. The van der Waals surface area contributed by atoms with Gasteiger partial charge >= 0.3 is 0 Å². The summed E-state index contributed by atoms with van der Waals surface area (Å²) in [5.41, 5.74) is 1.12.